The van der Waals surface area contributed by atoms with Crippen molar-refractivity contribution >= 4 is 23.8 Å². The monoisotopic (exact) mass is 486 g/mol. The van der Waals surface area contributed by atoms with Gasteiger partial charge in [-0.15, -0.1) is 0 Å². The molecule has 1 N–H and O–H groups in total. The minimum atomic E-state index is -0.912. The fourth-order valence-corrected chi connectivity index (χ4v) is 4.94. The molecule has 35 heavy (non-hydrogen) atoms. The van der Waals surface area contributed by atoms with Crippen LogP contribution in [-0.4, -0.2) is 91.4 Å². The third-order valence-electron chi connectivity index (χ3n) is 7.12. The lowest BCUT2D eigenvalue weighted by Crippen LogP contribution is -2.56. The van der Waals surface area contributed by atoms with Crippen molar-refractivity contribution < 1.29 is 23.9 Å². The molecule has 1 atom stereocenters. The highest BCUT2D eigenvalue weighted by molar-refractivity contribution is 6.07. The number of methoxy groups -OCH3 is 1. The van der Waals surface area contributed by atoms with Crippen molar-refractivity contribution in [2.45, 2.75) is 45.1 Å². The van der Waals surface area contributed by atoms with Gasteiger partial charge >= 0.3 is 12.0 Å². The number of nitrogens with one attached hydrogen (secondary N) is 1. The van der Waals surface area contributed by atoms with E-state index in [0.29, 0.717) is 62.5 Å². The van der Waals surface area contributed by atoms with Crippen LogP contribution in [0.1, 0.15) is 60.2 Å². The number of carbonyl (C=O) groups is 4. The predicted octanol–water partition coefficient (Wildman–Crippen LogP) is 2.61. The molecule has 3 rings (SSSR count). The van der Waals surface area contributed by atoms with Gasteiger partial charge in [-0.05, 0) is 75.9 Å². The molecule has 0 radical (unpaired) electrons. The van der Waals surface area contributed by atoms with E-state index in [9.17, 15) is 19.2 Å². The van der Waals surface area contributed by atoms with Gasteiger partial charge in [-0.2, -0.15) is 0 Å². The second-order valence-electron chi connectivity index (χ2n) is 10.2. The van der Waals surface area contributed by atoms with E-state index in [1.165, 1.54) is 12.0 Å². The van der Waals surface area contributed by atoms with Crippen LogP contribution in [0.5, 0.6) is 0 Å². The van der Waals surface area contributed by atoms with E-state index in [1.807, 2.05) is 19.0 Å². The first-order chi connectivity index (χ1) is 16.6. The molecule has 9 nitrogen and oxygen atoms in total. The number of imide groups is 1. The molecule has 0 aromatic heterocycles. The average Bonchev–Trinajstić information content (AvgIpc) is 3.10. The number of likely N-dealkylation sites (tertiary alicyclic amines) is 1. The Morgan fingerprint density at radius 1 is 1.11 bits per heavy atom. The average molecular weight is 487 g/mol. The summed E-state index contributed by atoms with van der Waals surface area (Å²) in [6.45, 7) is 6.22. The first-order valence-corrected chi connectivity index (χ1v) is 12.4. The van der Waals surface area contributed by atoms with Crippen molar-refractivity contribution in [3.05, 3.63) is 35.4 Å². The van der Waals surface area contributed by atoms with E-state index in [2.05, 4.69) is 19.2 Å². The number of benzene rings is 1. The molecular weight excluding hydrogens is 448 g/mol. The summed E-state index contributed by atoms with van der Waals surface area (Å²) in [7, 11) is 5.15. The Morgan fingerprint density at radius 3 is 2.26 bits per heavy atom. The number of hydrogen-bond acceptors (Lipinski definition) is 6. The summed E-state index contributed by atoms with van der Waals surface area (Å²) >= 11 is 0. The molecule has 2 aliphatic rings. The summed E-state index contributed by atoms with van der Waals surface area (Å²) in [5, 5.41) is 3.09. The summed E-state index contributed by atoms with van der Waals surface area (Å²) in [6, 6.07) is 6.12. The molecule has 0 saturated carbocycles. The topological polar surface area (TPSA) is 99.3 Å². The summed E-state index contributed by atoms with van der Waals surface area (Å²) in [5.41, 5.74) is -0.0137. The number of nitrogens with zero attached hydrogens (tertiary/aromatic N) is 3. The Morgan fingerprint density at radius 2 is 1.71 bits per heavy atom. The highest BCUT2D eigenvalue weighted by Gasteiger charge is 2.55. The zero-order valence-electron chi connectivity index (χ0n) is 21.5. The molecule has 0 aliphatic carbocycles. The Labute approximate surface area is 207 Å². The summed E-state index contributed by atoms with van der Waals surface area (Å²) in [4.78, 5) is 56.2. The van der Waals surface area contributed by atoms with Crippen LogP contribution in [0.15, 0.2) is 24.3 Å². The minimum Gasteiger partial charge on any atom is -0.465 e. The summed E-state index contributed by atoms with van der Waals surface area (Å²) < 4.78 is 4.71. The maximum Gasteiger partial charge on any atom is 0.337 e. The maximum atomic E-state index is 13.6. The second kappa shape index (κ2) is 11.2. The van der Waals surface area contributed by atoms with Crippen LogP contribution in [-0.2, 0) is 9.53 Å². The van der Waals surface area contributed by atoms with E-state index in [4.69, 9.17) is 4.74 Å². The Kier molecular flexibility index (Phi) is 8.53. The molecule has 192 valence electrons. The van der Waals surface area contributed by atoms with Gasteiger partial charge in [-0.3, -0.25) is 14.5 Å². The highest BCUT2D eigenvalue weighted by atomic mass is 16.5. The van der Waals surface area contributed by atoms with E-state index in [0.717, 1.165) is 6.42 Å². The van der Waals surface area contributed by atoms with Gasteiger partial charge in [-0.25, -0.2) is 9.59 Å². The maximum absolute atomic E-state index is 13.6. The third kappa shape index (κ3) is 5.83. The van der Waals surface area contributed by atoms with Crippen molar-refractivity contribution in [1.29, 1.82) is 0 Å². The van der Waals surface area contributed by atoms with Crippen molar-refractivity contribution in [1.82, 2.24) is 20.0 Å². The third-order valence-corrected chi connectivity index (χ3v) is 7.12. The fourth-order valence-electron chi connectivity index (χ4n) is 4.94. The minimum absolute atomic E-state index is 0.0344. The summed E-state index contributed by atoms with van der Waals surface area (Å²) in [5.74, 6) is -0.312. The number of rotatable bonds is 9. The number of esters is 1. The van der Waals surface area contributed by atoms with Crippen LogP contribution < -0.4 is 5.32 Å². The van der Waals surface area contributed by atoms with E-state index in [1.54, 1.807) is 29.2 Å². The van der Waals surface area contributed by atoms with Crippen molar-refractivity contribution in [3.8, 4) is 0 Å². The van der Waals surface area contributed by atoms with Gasteiger partial charge in [0.2, 0.25) is 0 Å². The number of ether oxygens (including phenoxy) is 1. The van der Waals surface area contributed by atoms with Gasteiger partial charge in [0.1, 0.15) is 5.54 Å². The lowest BCUT2D eigenvalue weighted by Gasteiger charge is -2.41. The number of urea groups is 1. The SMILES string of the molecule is COC(=O)c1ccc(C(=O)N2CCC([C@@]3(CCC(C)C)NC(=O)N(CCN(C)C)C3=O)CC2)cc1. The second-order valence-corrected chi connectivity index (χ2v) is 10.2. The molecule has 1 aromatic rings. The van der Waals surface area contributed by atoms with Crippen LogP contribution in [0.2, 0.25) is 0 Å². The van der Waals surface area contributed by atoms with Gasteiger partial charge in [-0.1, -0.05) is 13.8 Å². The van der Waals surface area contributed by atoms with Gasteiger partial charge in [0.25, 0.3) is 11.8 Å². The van der Waals surface area contributed by atoms with Crippen LogP contribution in [0.25, 0.3) is 0 Å². The number of piperidine rings is 1. The van der Waals surface area contributed by atoms with Gasteiger partial charge in [0.05, 0.1) is 12.7 Å². The molecular formula is C26H38N4O5. The number of amides is 4. The number of likely N-dealkylation sites (N-methyl/N-ethyl adjacent to an activating group) is 1. The quantitative estimate of drug-likeness (QED) is 0.426. The largest absolute Gasteiger partial charge is 0.465 e. The standard InChI is InChI=1S/C26H38N4O5/c1-18(2)10-13-26(24(33)30(25(34)27-26)17-16-28(3)4)21-11-14-29(15-12-21)22(31)19-6-8-20(9-7-19)23(32)35-5/h6-9,18,21H,10-17H2,1-5H3,(H,27,34)/t26-/m1/s1. The van der Waals surface area contributed by atoms with Crippen LogP contribution in [0.4, 0.5) is 4.79 Å². The van der Waals surface area contributed by atoms with Gasteiger partial charge in [0.15, 0.2) is 0 Å². The van der Waals surface area contributed by atoms with E-state index in [-0.39, 0.29) is 23.8 Å². The van der Waals surface area contributed by atoms with Gasteiger partial charge < -0.3 is 19.9 Å². The van der Waals surface area contributed by atoms with Crippen LogP contribution in [0.3, 0.4) is 0 Å². The first-order valence-electron chi connectivity index (χ1n) is 12.4. The smallest absolute Gasteiger partial charge is 0.337 e. The normalized spacial score (nSPS) is 21.1. The molecule has 1 aromatic carbocycles. The molecule has 9 heteroatoms. The Balaban J connectivity index is 1.71. The molecule has 0 bridgehead atoms. The Hall–Kier alpha value is -2.94. The number of carbonyl (C=O) groups excluding carboxylic acids is 4. The van der Waals surface area contributed by atoms with Crippen LogP contribution >= 0.6 is 0 Å². The summed E-state index contributed by atoms with van der Waals surface area (Å²) in [6.07, 6.45) is 2.70. The van der Waals surface area contributed by atoms with Crippen molar-refractivity contribution in [2.75, 3.05) is 47.4 Å². The zero-order valence-corrected chi connectivity index (χ0v) is 21.5. The van der Waals surface area contributed by atoms with E-state index >= 15 is 0 Å². The van der Waals surface area contributed by atoms with E-state index < -0.39 is 11.5 Å². The molecule has 0 unspecified atom stereocenters. The van der Waals surface area contributed by atoms with Crippen molar-refractivity contribution in [2.24, 2.45) is 11.8 Å². The zero-order chi connectivity index (χ0) is 25.8. The Bertz CT molecular complexity index is 938. The molecule has 2 fully saturated rings. The highest BCUT2D eigenvalue weighted by Crippen LogP contribution is 2.38. The molecule has 4 amide bonds. The van der Waals surface area contributed by atoms with Gasteiger partial charge in [0, 0.05) is 31.7 Å². The lowest BCUT2D eigenvalue weighted by molar-refractivity contribution is -0.134. The molecule has 2 aliphatic heterocycles. The molecule has 2 heterocycles. The van der Waals surface area contributed by atoms with Crippen LogP contribution in [0, 0.1) is 11.8 Å². The molecule has 2 saturated heterocycles. The fraction of sp³-hybridized carbons (Fsp3) is 0.615. The van der Waals surface area contributed by atoms with Crippen molar-refractivity contribution in [3.63, 3.8) is 0 Å². The lowest BCUT2D eigenvalue weighted by atomic mass is 9.73. The predicted molar refractivity (Wildman–Crippen MR) is 132 cm³/mol. The number of hydrogen-bond donors (Lipinski definition) is 1. The first kappa shape index (κ1) is 26.7. The molecule has 0 spiro atoms.